The largest absolute Gasteiger partial charge is 0.352 e. The van der Waals surface area contributed by atoms with Gasteiger partial charge in [-0.2, -0.15) is 0 Å². The highest BCUT2D eigenvalue weighted by Crippen LogP contribution is 2.27. The number of nitrogens with one attached hydrogen (secondary N) is 3. The van der Waals surface area contributed by atoms with E-state index in [-0.39, 0.29) is 35.6 Å². The van der Waals surface area contributed by atoms with Crippen LogP contribution < -0.4 is 10.6 Å². The predicted molar refractivity (Wildman–Crippen MR) is 115 cm³/mol. The zero-order chi connectivity index (χ0) is 22.7. The van der Waals surface area contributed by atoms with Gasteiger partial charge < -0.3 is 15.6 Å². The number of rotatable bonds is 5. The number of carbonyl (C=O) groups excluding carboxylic acids is 2. The molecule has 5 rings (SSSR count). The van der Waals surface area contributed by atoms with Gasteiger partial charge in [-0.05, 0) is 67.6 Å². The van der Waals surface area contributed by atoms with Crippen molar-refractivity contribution in [3.8, 4) is 11.3 Å². The summed E-state index contributed by atoms with van der Waals surface area (Å²) in [5.74, 6) is -1.44. The summed E-state index contributed by atoms with van der Waals surface area (Å²) in [5, 5.41) is 5.95. The molecule has 32 heavy (non-hydrogen) atoms. The first-order valence-corrected chi connectivity index (χ1v) is 10.7. The molecule has 8 heteroatoms. The summed E-state index contributed by atoms with van der Waals surface area (Å²) in [6.45, 7) is 0.145. The maximum atomic E-state index is 13.5. The van der Waals surface area contributed by atoms with Gasteiger partial charge in [0.2, 0.25) is 11.8 Å². The molecule has 5 nitrogen and oxygen atoms in total. The van der Waals surface area contributed by atoms with Crippen molar-refractivity contribution < 1.29 is 22.8 Å². The van der Waals surface area contributed by atoms with Gasteiger partial charge in [0.05, 0.1) is 12.1 Å². The first-order valence-electron chi connectivity index (χ1n) is 10.7. The molecule has 2 fully saturated rings. The molecule has 0 aliphatic heterocycles. The Balaban J connectivity index is 0.000000158. The standard InChI is InChI=1S/C14H8F3N.C10H16N2O2/c15-10-3-1-8(2-4-10)13-6-9-5-11(16)7-12(17)14(9)18-13;13-9(12-8-4-5-8)6-11-10(14)7-2-1-3-7/h1-7,18H;7-8H,1-6H2,(H,11,14)(H,12,13). The predicted octanol–water partition coefficient (Wildman–Crippen LogP) is 4.43. The summed E-state index contributed by atoms with van der Waals surface area (Å²) in [6.07, 6.45) is 5.28. The fourth-order valence-corrected chi connectivity index (χ4v) is 3.44. The van der Waals surface area contributed by atoms with Gasteiger partial charge in [-0.3, -0.25) is 9.59 Å². The first-order chi connectivity index (χ1) is 15.4. The van der Waals surface area contributed by atoms with Crippen LogP contribution in [0.2, 0.25) is 0 Å². The molecule has 0 spiro atoms. The summed E-state index contributed by atoms with van der Waals surface area (Å²) in [4.78, 5) is 25.4. The van der Waals surface area contributed by atoms with E-state index in [9.17, 15) is 22.8 Å². The van der Waals surface area contributed by atoms with Gasteiger partial charge in [-0.1, -0.05) is 6.42 Å². The van der Waals surface area contributed by atoms with Crippen molar-refractivity contribution in [1.29, 1.82) is 0 Å². The minimum atomic E-state index is -0.640. The number of aromatic amines is 1. The molecule has 0 bridgehead atoms. The van der Waals surface area contributed by atoms with E-state index in [1.165, 1.54) is 18.2 Å². The number of aromatic nitrogens is 1. The molecule has 3 N–H and O–H groups in total. The quantitative estimate of drug-likeness (QED) is 0.546. The molecular formula is C24H24F3N3O2. The summed E-state index contributed by atoms with van der Waals surface area (Å²) in [7, 11) is 0. The smallest absolute Gasteiger partial charge is 0.239 e. The monoisotopic (exact) mass is 443 g/mol. The van der Waals surface area contributed by atoms with E-state index >= 15 is 0 Å². The third-order valence-corrected chi connectivity index (χ3v) is 5.64. The van der Waals surface area contributed by atoms with Gasteiger partial charge in [0.15, 0.2) is 0 Å². The van der Waals surface area contributed by atoms with Crippen LogP contribution in [0.15, 0.2) is 42.5 Å². The number of H-pyrrole nitrogens is 1. The topological polar surface area (TPSA) is 74.0 Å². The molecule has 0 atom stereocenters. The lowest BCUT2D eigenvalue weighted by molar-refractivity contribution is -0.130. The maximum Gasteiger partial charge on any atom is 0.239 e. The zero-order valence-corrected chi connectivity index (χ0v) is 17.4. The summed E-state index contributed by atoms with van der Waals surface area (Å²) in [5.41, 5.74) is 1.58. The van der Waals surface area contributed by atoms with Crippen molar-refractivity contribution in [2.45, 2.75) is 38.1 Å². The Kier molecular flexibility index (Phi) is 6.48. The van der Waals surface area contributed by atoms with E-state index in [0.717, 1.165) is 38.2 Å². The second kappa shape index (κ2) is 9.46. The van der Waals surface area contributed by atoms with E-state index < -0.39 is 11.6 Å². The SMILES string of the molecule is Fc1ccc(-c2cc3cc(F)cc(F)c3[nH]2)cc1.O=C(CNC(=O)C1CCC1)NC1CC1. The average molecular weight is 443 g/mol. The Hall–Kier alpha value is -3.29. The number of carbonyl (C=O) groups is 2. The molecule has 2 aliphatic rings. The number of halogens is 3. The van der Waals surface area contributed by atoms with Gasteiger partial charge in [0.25, 0.3) is 0 Å². The van der Waals surface area contributed by atoms with Crippen LogP contribution in [0, 0.1) is 23.4 Å². The summed E-state index contributed by atoms with van der Waals surface area (Å²) < 4.78 is 39.4. The van der Waals surface area contributed by atoms with Crippen molar-refractivity contribution in [3.05, 3.63) is 59.9 Å². The Morgan fingerprint density at radius 2 is 1.66 bits per heavy atom. The Morgan fingerprint density at radius 3 is 2.28 bits per heavy atom. The summed E-state index contributed by atoms with van der Waals surface area (Å²) >= 11 is 0. The van der Waals surface area contributed by atoms with Crippen LogP contribution in [0.1, 0.15) is 32.1 Å². The molecule has 0 saturated heterocycles. The maximum absolute atomic E-state index is 13.5. The van der Waals surface area contributed by atoms with E-state index in [0.29, 0.717) is 22.7 Å². The zero-order valence-electron chi connectivity index (χ0n) is 17.4. The van der Waals surface area contributed by atoms with E-state index in [1.807, 2.05) is 0 Å². The van der Waals surface area contributed by atoms with Crippen LogP contribution in [0.25, 0.3) is 22.2 Å². The van der Waals surface area contributed by atoms with Gasteiger partial charge in [-0.15, -0.1) is 0 Å². The highest BCUT2D eigenvalue weighted by atomic mass is 19.1. The first kappa shape index (κ1) is 21.9. The summed E-state index contributed by atoms with van der Waals surface area (Å²) in [6, 6.07) is 9.88. The van der Waals surface area contributed by atoms with Crippen molar-refractivity contribution in [1.82, 2.24) is 15.6 Å². The average Bonchev–Trinajstić information content (AvgIpc) is 3.41. The van der Waals surface area contributed by atoms with Crippen molar-refractivity contribution in [3.63, 3.8) is 0 Å². The lowest BCUT2D eigenvalue weighted by Crippen LogP contribution is -2.41. The fraction of sp³-hybridized carbons (Fsp3) is 0.333. The lowest BCUT2D eigenvalue weighted by Gasteiger charge is -2.23. The Bertz CT molecular complexity index is 1120. The highest BCUT2D eigenvalue weighted by Gasteiger charge is 2.26. The lowest BCUT2D eigenvalue weighted by atomic mass is 9.85. The fourth-order valence-electron chi connectivity index (χ4n) is 3.44. The number of fused-ring (bicyclic) bond motifs is 1. The van der Waals surface area contributed by atoms with Crippen LogP contribution in [-0.4, -0.2) is 29.4 Å². The number of hydrogen-bond donors (Lipinski definition) is 3. The molecule has 2 aromatic carbocycles. The number of hydrogen-bond acceptors (Lipinski definition) is 2. The van der Waals surface area contributed by atoms with Crippen LogP contribution in [0.5, 0.6) is 0 Å². The van der Waals surface area contributed by atoms with Crippen LogP contribution in [0.4, 0.5) is 13.2 Å². The normalized spacial score (nSPS) is 15.5. The second-order valence-electron chi connectivity index (χ2n) is 8.23. The third kappa shape index (κ3) is 5.49. The van der Waals surface area contributed by atoms with Crippen molar-refractivity contribution in [2.75, 3.05) is 6.54 Å². The van der Waals surface area contributed by atoms with Crippen LogP contribution >= 0.6 is 0 Å². The molecule has 1 heterocycles. The van der Waals surface area contributed by atoms with E-state index in [2.05, 4.69) is 15.6 Å². The van der Waals surface area contributed by atoms with E-state index in [1.54, 1.807) is 18.2 Å². The molecule has 1 aromatic heterocycles. The third-order valence-electron chi connectivity index (χ3n) is 5.64. The van der Waals surface area contributed by atoms with Crippen molar-refractivity contribution >= 4 is 22.7 Å². The van der Waals surface area contributed by atoms with Crippen molar-refractivity contribution in [2.24, 2.45) is 5.92 Å². The minimum absolute atomic E-state index is 0.0437. The minimum Gasteiger partial charge on any atom is -0.352 e. The van der Waals surface area contributed by atoms with Crippen LogP contribution in [-0.2, 0) is 9.59 Å². The Morgan fingerprint density at radius 1 is 0.938 bits per heavy atom. The number of amides is 2. The molecule has 0 radical (unpaired) electrons. The second-order valence-corrected chi connectivity index (χ2v) is 8.23. The van der Waals surface area contributed by atoms with Gasteiger partial charge in [0.1, 0.15) is 17.5 Å². The molecule has 2 aliphatic carbocycles. The molecule has 3 aromatic rings. The number of benzene rings is 2. The molecule has 168 valence electrons. The molecular weight excluding hydrogens is 419 g/mol. The van der Waals surface area contributed by atoms with Gasteiger partial charge >= 0.3 is 0 Å². The Labute approximate surface area is 183 Å². The molecule has 0 unspecified atom stereocenters. The van der Waals surface area contributed by atoms with Gasteiger partial charge in [-0.25, -0.2) is 13.2 Å². The van der Waals surface area contributed by atoms with E-state index in [4.69, 9.17) is 0 Å². The van der Waals surface area contributed by atoms with Gasteiger partial charge in [0, 0.05) is 29.1 Å². The molecule has 2 amide bonds. The molecule has 2 saturated carbocycles. The highest BCUT2D eigenvalue weighted by molar-refractivity contribution is 5.87. The van der Waals surface area contributed by atoms with Crippen LogP contribution in [0.3, 0.4) is 0 Å².